The number of carbonyl (C=O) groups excluding carboxylic acids is 1. The highest BCUT2D eigenvalue weighted by molar-refractivity contribution is 5.92. The molecule has 0 bridgehead atoms. The number of aryl methyl sites for hydroxylation is 1. The summed E-state index contributed by atoms with van der Waals surface area (Å²) >= 11 is 0. The maximum absolute atomic E-state index is 12.5. The fourth-order valence-electron chi connectivity index (χ4n) is 2.99. The molecule has 1 atom stereocenters. The Bertz CT molecular complexity index is 676. The minimum absolute atomic E-state index is 0.0909. The number of hydrogen-bond donors (Lipinski definition) is 1. The molecule has 5 nitrogen and oxygen atoms in total. The van der Waals surface area contributed by atoms with Gasteiger partial charge in [0, 0.05) is 18.7 Å². The van der Waals surface area contributed by atoms with Crippen molar-refractivity contribution >= 4 is 5.91 Å². The highest BCUT2D eigenvalue weighted by Gasteiger charge is 2.29. The topological polar surface area (TPSA) is 66.1 Å². The van der Waals surface area contributed by atoms with Crippen LogP contribution in [0.2, 0.25) is 0 Å². The molecular weight excluding hydrogens is 278 g/mol. The number of amides is 1. The molecule has 1 amide bonds. The quantitative estimate of drug-likeness (QED) is 0.938. The van der Waals surface area contributed by atoms with Crippen molar-refractivity contribution in [3.63, 3.8) is 0 Å². The van der Waals surface area contributed by atoms with E-state index in [1.54, 1.807) is 0 Å². The predicted molar refractivity (Wildman–Crippen MR) is 83.7 cm³/mol. The van der Waals surface area contributed by atoms with E-state index in [2.05, 4.69) is 22.3 Å². The molecule has 2 aromatic rings. The zero-order chi connectivity index (χ0) is 15.4. The average Bonchev–Trinajstić information content (AvgIpc) is 3.02. The van der Waals surface area contributed by atoms with Gasteiger partial charge in [-0.2, -0.15) is 5.10 Å². The molecular formula is C17H19N3O2. The molecule has 1 aromatic carbocycles. The van der Waals surface area contributed by atoms with Crippen LogP contribution in [0.3, 0.4) is 0 Å². The zero-order valence-corrected chi connectivity index (χ0v) is 12.4. The summed E-state index contributed by atoms with van der Waals surface area (Å²) in [5, 5.41) is 6.17. The van der Waals surface area contributed by atoms with Gasteiger partial charge in [0.1, 0.15) is 5.69 Å². The number of nitrogens with zero attached hydrogens (tertiary/aromatic N) is 2. The van der Waals surface area contributed by atoms with Gasteiger partial charge in [0.25, 0.3) is 11.5 Å². The third kappa shape index (κ3) is 3.24. The van der Waals surface area contributed by atoms with Gasteiger partial charge in [0.2, 0.25) is 0 Å². The largest absolute Gasteiger partial charge is 0.334 e. The number of H-pyrrole nitrogens is 1. The fraction of sp³-hybridized carbons (Fsp3) is 0.353. The van der Waals surface area contributed by atoms with E-state index < -0.39 is 0 Å². The minimum atomic E-state index is -0.293. The molecule has 1 saturated heterocycles. The normalized spacial score (nSPS) is 17.6. The number of benzene rings is 1. The molecule has 1 aliphatic rings. The SMILES string of the molecule is O=C(c1ccc(=O)[nH]n1)N1CCC[C@@H]1CCc1ccccc1. The summed E-state index contributed by atoms with van der Waals surface area (Å²) in [7, 11) is 0. The molecule has 0 radical (unpaired) electrons. The first-order valence-corrected chi connectivity index (χ1v) is 7.64. The molecule has 0 saturated carbocycles. The van der Waals surface area contributed by atoms with E-state index >= 15 is 0 Å². The molecule has 5 heteroatoms. The Morgan fingerprint density at radius 1 is 1.23 bits per heavy atom. The van der Waals surface area contributed by atoms with Crippen molar-refractivity contribution in [2.75, 3.05) is 6.54 Å². The second kappa shape index (κ2) is 6.56. The van der Waals surface area contributed by atoms with Crippen LogP contribution in [0, 0.1) is 0 Å². The van der Waals surface area contributed by atoms with E-state index in [9.17, 15) is 9.59 Å². The lowest BCUT2D eigenvalue weighted by molar-refractivity contribution is 0.0723. The van der Waals surface area contributed by atoms with Gasteiger partial charge < -0.3 is 4.90 Å². The molecule has 1 fully saturated rings. The third-order valence-corrected chi connectivity index (χ3v) is 4.15. The molecule has 0 aliphatic carbocycles. The van der Waals surface area contributed by atoms with Crippen LogP contribution in [0.5, 0.6) is 0 Å². The van der Waals surface area contributed by atoms with Crippen molar-refractivity contribution in [2.45, 2.75) is 31.7 Å². The number of carbonyl (C=O) groups is 1. The molecule has 0 unspecified atom stereocenters. The summed E-state index contributed by atoms with van der Waals surface area (Å²) in [6.07, 6.45) is 3.98. The van der Waals surface area contributed by atoms with E-state index in [-0.39, 0.29) is 17.5 Å². The Labute approximate surface area is 129 Å². The molecule has 3 rings (SSSR count). The summed E-state index contributed by atoms with van der Waals surface area (Å²) in [5.41, 5.74) is 1.31. The van der Waals surface area contributed by atoms with Gasteiger partial charge in [-0.15, -0.1) is 0 Å². The fourth-order valence-corrected chi connectivity index (χ4v) is 2.99. The molecule has 0 spiro atoms. The van der Waals surface area contributed by atoms with Crippen molar-refractivity contribution in [3.05, 3.63) is 64.1 Å². The average molecular weight is 297 g/mol. The van der Waals surface area contributed by atoms with Gasteiger partial charge >= 0.3 is 0 Å². The number of aromatic amines is 1. The van der Waals surface area contributed by atoms with Crippen LogP contribution in [0.1, 0.15) is 35.3 Å². The van der Waals surface area contributed by atoms with E-state index in [1.165, 1.54) is 17.7 Å². The van der Waals surface area contributed by atoms with E-state index in [1.807, 2.05) is 23.1 Å². The van der Waals surface area contributed by atoms with Crippen molar-refractivity contribution in [3.8, 4) is 0 Å². The Kier molecular flexibility index (Phi) is 4.32. The first-order chi connectivity index (χ1) is 10.7. The highest BCUT2D eigenvalue weighted by atomic mass is 16.2. The molecule has 1 aromatic heterocycles. The highest BCUT2D eigenvalue weighted by Crippen LogP contribution is 2.23. The monoisotopic (exact) mass is 297 g/mol. The molecule has 114 valence electrons. The number of rotatable bonds is 4. The summed E-state index contributed by atoms with van der Waals surface area (Å²) in [4.78, 5) is 25.5. The lowest BCUT2D eigenvalue weighted by Gasteiger charge is -2.24. The Hall–Kier alpha value is -2.43. The first-order valence-electron chi connectivity index (χ1n) is 7.64. The lowest BCUT2D eigenvalue weighted by atomic mass is 10.0. The second-order valence-corrected chi connectivity index (χ2v) is 5.63. The maximum atomic E-state index is 12.5. The first kappa shape index (κ1) is 14.5. The second-order valence-electron chi connectivity index (χ2n) is 5.63. The van der Waals surface area contributed by atoms with Crippen LogP contribution in [-0.2, 0) is 6.42 Å². The van der Waals surface area contributed by atoms with Crippen LogP contribution >= 0.6 is 0 Å². The Balaban J connectivity index is 1.66. The zero-order valence-electron chi connectivity index (χ0n) is 12.4. The van der Waals surface area contributed by atoms with Crippen molar-refractivity contribution < 1.29 is 4.79 Å². The van der Waals surface area contributed by atoms with E-state index in [4.69, 9.17) is 0 Å². The minimum Gasteiger partial charge on any atom is -0.334 e. The van der Waals surface area contributed by atoms with Crippen LogP contribution in [0.15, 0.2) is 47.3 Å². The van der Waals surface area contributed by atoms with Crippen molar-refractivity contribution in [1.29, 1.82) is 0 Å². The van der Waals surface area contributed by atoms with Gasteiger partial charge in [-0.05, 0) is 37.3 Å². The maximum Gasteiger partial charge on any atom is 0.274 e. The number of likely N-dealkylation sites (tertiary alicyclic amines) is 1. The summed E-state index contributed by atoms with van der Waals surface area (Å²) < 4.78 is 0. The van der Waals surface area contributed by atoms with E-state index in [0.29, 0.717) is 5.69 Å². The Morgan fingerprint density at radius 3 is 2.77 bits per heavy atom. The Morgan fingerprint density at radius 2 is 2.05 bits per heavy atom. The van der Waals surface area contributed by atoms with Crippen LogP contribution in [-0.4, -0.2) is 33.6 Å². The predicted octanol–water partition coefficient (Wildman–Crippen LogP) is 2.01. The molecule has 1 aliphatic heterocycles. The molecule has 2 heterocycles. The van der Waals surface area contributed by atoms with Gasteiger partial charge in [-0.1, -0.05) is 30.3 Å². The lowest BCUT2D eigenvalue weighted by Crippen LogP contribution is -2.36. The number of hydrogen-bond acceptors (Lipinski definition) is 3. The van der Waals surface area contributed by atoms with Gasteiger partial charge in [0.05, 0.1) is 0 Å². The van der Waals surface area contributed by atoms with Crippen molar-refractivity contribution in [1.82, 2.24) is 15.1 Å². The van der Waals surface area contributed by atoms with Crippen molar-refractivity contribution in [2.24, 2.45) is 0 Å². The summed E-state index contributed by atoms with van der Waals surface area (Å²) in [6, 6.07) is 13.4. The van der Waals surface area contributed by atoms with Gasteiger partial charge in [-0.25, -0.2) is 5.10 Å². The van der Waals surface area contributed by atoms with Gasteiger partial charge in [-0.3, -0.25) is 9.59 Å². The van der Waals surface area contributed by atoms with E-state index in [0.717, 1.165) is 32.2 Å². The van der Waals surface area contributed by atoms with Crippen LogP contribution in [0.4, 0.5) is 0 Å². The summed E-state index contributed by atoms with van der Waals surface area (Å²) in [6.45, 7) is 0.763. The molecule has 22 heavy (non-hydrogen) atoms. The van der Waals surface area contributed by atoms with Crippen LogP contribution < -0.4 is 5.56 Å². The number of nitrogens with one attached hydrogen (secondary N) is 1. The van der Waals surface area contributed by atoms with Gasteiger partial charge in [0.15, 0.2) is 0 Å². The third-order valence-electron chi connectivity index (χ3n) is 4.15. The standard InChI is InChI=1S/C17H19N3O2/c21-16-11-10-15(18-19-16)17(22)20-12-4-7-14(20)9-8-13-5-2-1-3-6-13/h1-3,5-6,10-11,14H,4,7-9,12H2,(H,19,21)/t14-/m1/s1. The van der Waals surface area contributed by atoms with Crippen LogP contribution in [0.25, 0.3) is 0 Å². The molecule has 1 N–H and O–H groups in total. The summed E-state index contributed by atoms with van der Waals surface area (Å²) in [5.74, 6) is -0.0909. The smallest absolute Gasteiger partial charge is 0.274 e. The number of aromatic nitrogens is 2.